The van der Waals surface area contributed by atoms with Gasteiger partial charge in [0.15, 0.2) is 0 Å². The molecule has 1 atom stereocenters. The number of aliphatic hydroxyl groups excluding tert-OH is 1. The molecule has 0 fully saturated rings. The predicted octanol–water partition coefficient (Wildman–Crippen LogP) is 6.96. The number of hydrogen-bond acceptors (Lipinski definition) is 4. The number of carbonyl (C=O) groups excluding carboxylic acids is 1. The Labute approximate surface area is 198 Å². The highest BCUT2D eigenvalue weighted by molar-refractivity contribution is 6.31. The van der Waals surface area contributed by atoms with Gasteiger partial charge in [-0.3, -0.25) is 0 Å². The molecule has 0 spiro atoms. The lowest BCUT2D eigenvalue weighted by Gasteiger charge is -2.18. The SMILES string of the molecule is CCC(O)c1cccc(C(=O)OC)c1-c1cccc(/C=C/c2ccc3ccc(Cl)cc3n2)c1. The number of aliphatic hydroxyl groups is 1. The molecule has 0 saturated carbocycles. The molecule has 3 aromatic carbocycles. The van der Waals surface area contributed by atoms with Gasteiger partial charge in [0.25, 0.3) is 0 Å². The van der Waals surface area contributed by atoms with Crippen LogP contribution < -0.4 is 0 Å². The third-order valence-electron chi connectivity index (χ3n) is 5.55. The van der Waals surface area contributed by atoms with Crippen LogP contribution in [0.15, 0.2) is 72.8 Å². The number of halogens is 1. The van der Waals surface area contributed by atoms with Crippen molar-refractivity contribution in [1.82, 2.24) is 4.98 Å². The average Bonchev–Trinajstić information content (AvgIpc) is 2.85. The normalized spacial score (nSPS) is 12.2. The van der Waals surface area contributed by atoms with Gasteiger partial charge in [0.1, 0.15) is 0 Å². The van der Waals surface area contributed by atoms with Crippen LogP contribution >= 0.6 is 11.6 Å². The smallest absolute Gasteiger partial charge is 0.338 e. The second kappa shape index (κ2) is 9.99. The van der Waals surface area contributed by atoms with Gasteiger partial charge < -0.3 is 9.84 Å². The van der Waals surface area contributed by atoms with Crippen molar-refractivity contribution >= 4 is 40.6 Å². The van der Waals surface area contributed by atoms with Gasteiger partial charge in [0.05, 0.1) is 30.0 Å². The summed E-state index contributed by atoms with van der Waals surface area (Å²) in [5.74, 6) is -0.435. The average molecular weight is 458 g/mol. The van der Waals surface area contributed by atoms with Crippen molar-refractivity contribution in [1.29, 1.82) is 0 Å². The highest BCUT2D eigenvalue weighted by Crippen LogP contribution is 2.34. The Morgan fingerprint density at radius 2 is 1.85 bits per heavy atom. The first-order chi connectivity index (χ1) is 16.0. The van der Waals surface area contributed by atoms with Crippen molar-refractivity contribution in [2.24, 2.45) is 0 Å². The number of benzene rings is 3. The monoisotopic (exact) mass is 457 g/mol. The molecule has 166 valence electrons. The summed E-state index contributed by atoms with van der Waals surface area (Å²) >= 11 is 6.10. The van der Waals surface area contributed by atoms with Crippen LogP contribution in [0.3, 0.4) is 0 Å². The van der Waals surface area contributed by atoms with Crippen molar-refractivity contribution < 1.29 is 14.6 Å². The molecule has 0 bridgehead atoms. The van der Waals surface area contributed by atoms with Crippen molar-refractivity contribution in [3.63, 3.8) is 0 Å². The fraction of sp³-hybridized carbons (Fsp3) is 0.143. The summed E-state index contributed by atoms with van der Waals surface area (Å²) in [6.07, 6.45) is 3.76. The fourth-order valence-electron chi connectivity index (χ4n) is 3.85. The maximum absolute atomic E-state index is 12.5. The van der Waals surface area contributed by atoms with Gasteiger partial charge in [-0.1, -0.05) is 67.1 Å². The molecule has 4 rings (SSSR count). The van der Waals surface area contributed by atoms with Crippen molar-refractivity contribution in [2.45, 2.75) is 19.4 Å². The Morgan fingerprint density at radius 1 is 1.06 bits per heavy atom. The molecule has 0 radical (unpaired) electrons. The van der Waals surface area contributed by atoms with Crippen LogP contribution in [0.4, 0.5) is 0 Å². The van der Waals surface area contributed by atoms with Crippen LogP contribution in [0.1, 0.15) is 46.6 Å². The molecular formula is C28H24ClNO3. The van der Waals surface area contributed by atoms with Gasteiger partial charge >= 0.3 is 5.97 Å². The van der Waals surface area contributed by atoms with E-state index in [-0.39, 0.29) is 0 Å². The van der Waals surface area contributed by atoms with E-state index in [4.69, 9.17) is 16.3 Å². The van der Waals surface area contributed by atoms with Crippen molar-refractivity contribution in [3.8, 4) is 11.1 Å². The topological polar surface area (TPSA) is 59.4 Å². The minimum absolute atomic E-state index is 0.428. The summed E-state index contributed by atoms with van der Waals surface area (Å²) in [5.41, 5.74) is 5.24. The largest absolute Gasteiger partial charge is 0.465 e. The first-order valence-electron chi connectivity index (χ1n) is 10.7. The van der Waals surface area contributed by atoms with E-state index in [1.807, 2.05) is 79.7 Å². The lowest BCUT2D eigenvalue weighted by molar-refractivity contribution is 0.0601. The predicted molar refractivity (Wildman–Crippen MR) is 134 cm³/mol. The van der Waals surface area contributed by atoms with Crippen LogP contribution in [0.5, 0.6) is 0 Å². The molecule has 0 aliphatic rings. The van der Waals surface area contributed by atoms with E-state index in [2.05, 4.69) is 4.98 Å². The molecule has 0 aliphatic carbocycles. The van der Waals surface area contributed by atoms with Gasteiger partial charge in [-0.25, -0.2) is 9.78 Å². The number of rotatable bonds is 6. The standard InChI is InChI=1S/C28H24ClNO3/c1-3-26(31)23-8-5-9-24(28(32)33-2)27(23)20-7-4-6-18(16-20)10-14-22-15-12-19-11-13-21(29)17-25(19)30-22/h4-17,26,31H,3H2,1-2H3/b14-10+. The van der Waals surface area contributed by atoms with E-state index >= 15 is 0 Å². The highest BCUT2D eigenvalue weighted by Gasteiger charge is 2.20. The van der Waals surface area contributed by atoms with Gasteiger partial charge in [-0.15, -0.1) is 0 Å². The fourth-order valence-corrected chi connectivity index (χ4v) is 4.01. The van der Waals surface area contributed by atoms with Gasteiger partial charge in [0, 0.05) is 16.0 Å². The first kappa shape index (κ1) is 22.7. The molecule has 4 nitrogen and oxygen atoms in total. The third kappa shape index (κ3) is 4.98. The van der Waals surface area contributed by atoms with Gasteiger partial charge in [-0.2, -0.15) is 0 Å². The lowest BCUT2D eigenvalue weighted by atomic mass is 9.90. The molecule has 1 unspecified atom stereocenters. The molecule has 0 saturated heterocycles. The van der Waals surface area contributed by atoms with Crippen LogP contribution in [0, 0.1) is 0 Å². The Bertz CT molecular complexity index is 1350. The van der Waals surface area contributed by atoms with E-state index in [9.17, 15) is 9.90 Å². The Kier molecular flexibility index (Phi) is 6.87. The second-order valence-electron chi connectivity index (χ2n) is 7.72. The van der Waals surface area contributed by atoms with Crippen molar-refractivity contribution in [3.05, 3.63) is 100 Å². The van der Waals surface area contributed by atoms with Crippen LogP contribution in [0.2, 0.25) is 5.02 Å². The maximum atomic E-state index is 12.5. The zero-order chi connectivity index (χ0) is 23.4. The minimum atomic E-state index is -0.683. The first-order valence-corrected chi connectivity index (χ1v) is 11.1. The van der Waals surface area contributed by atoms with Gasteiger partial charge in [-0.05, 0) is 59.5 Å². The highest BCUT2D eigenvalue weighted by atomic mass is 35.5. The molecule has 1 aromatic heterocycles. The van der Waals surface area contributed by atoms with E-state index in [1.165, 1.54) is 7.11 Å². The molecule has 1 heterocycles. The summed E-state index contributed by atoms with van der Waals surface area (Å²) in [5, 5.41) is 12.3. The molecule has 1 N–H and O–H groups in total. The van der Waals surface area contributed by atoms with E-state index in [0.29, 0.717) is 28.1 Å². The Balaban J connectivity index is 1.74. The van der Waals surface area contributed by atoms with Crippen LogP contribution in [0.25, 0.3) is 34.2 Å². The van der Waals surface area contributed by atoms with E-state index in [1.54, 1.807) is 12.1 Å². The Hall–Kier alpha value is -3.47. The van der Waals surface area contributed by atoms with Crippen LogP contribution in [-0.4, -0.2) is 23.2 Å². The van der Waals surface area contributed by atoms with E-state index in [0.717, 1.165) is 27.7 Å². The number of ether oxygens (including phenoxy) is 1. The number of fused-ring (bicyclic) bond motifs is 1. The number of methoxy groups -OCH3 is 1. The molecule has 0 aliphatic heterocycles. The molecule has 5 heteroatoms. The number of hydrogen-bond donors (Lipinski definition) is 1. The summed E-state index contributed by atoms with van der Waals surface area (Å²) < 4.78 is 4.99. The summed E-state index contributed by atoms with van der Waals surface area (Å²) in [6, 6.07) is 22.8. The van der Waals surface area contributed by atoms with Crippen molar-refractivity contribution in [2.75, 3.05) is 7.11 Å². The number of carbonyl (C=O) groups is 1. The minimum Gasteiger partial charge on any atom is -0.465 e. The maximum Gasteiger partial charge on any atom is 0.338 e. The second-order valence-corrected chi connectivity index (χ2v) is 8.15. The summed E-state index contributed by atoms with van der Waals surface area (Å²) in [6.45, 7) is 1.90. The zero-order valence-electron chi connectivity index (χ0n) is 18.5. The molecule has 4 aromatic rings. The number of esters is 1. The summed E-state index contributed by atoms with van der Waals surface area (Å²) in [4.78, 5) is 17.1. The molecular weight excluding hydrogens is 434 g/mol. The third-order valence-corrected chi connectivity index (χ3v) is 5.78. The van der Waals surface area contributed by atoms with E-state index < -0.39 is 12.1 Å². The van der Waals surface area contributed by atoms with Crippen LogP contribution in [-0.2, 0) is 4.74 Å². The number of nitrogens with zero attached hydrogens (tertiary/aromatic N) is 1. The zero-order valence-corrected chi connectivity index (χ0v) is 19.2. The summed E-state index contributed by atoms with van der Waals surface area (Å²) in [7, 11) is 1.36. The lowest BCUT2D eigenvalue weighted by Crippen LogP contribution is -2.08. The number of pyridine rings is 1. The van der Waals surface area contributed by atoms with Gasteiger partial charge in [0.2, 0.25) is 0 Å². The quantitative estimate of drug-likeness (QED) is 0.318. The Morgan fingerprint density at radius 3 is 2.64 bits per heavy atom. The molecule has 33 heavy (non-hydrogen) atoms. The molecule has 0 amide bonds. The number of aromatic nitrogens is 1.